The summed E-state index contributed by atoms with van der Waals surface area (Å²) in [4.78, 5) is 40.5. The molecular formula is C16H20N2O4. The molecule has 118 valence electrons. The van der Waals surface area contributed by atoms with E-state index in [0.29, 0.717) is 26.3 Å². The highest BCUT2D eigenvalue weighted by molar-refractivity contribution is 6.08. The Labute approximate surface area is 129 Å². The molecule has 3 aliphatic carbocycles. The van der Waals surface area contributed by atoms with Crippen molar-refractivity contribution < 1.29 is 19.1 Å². The van der Waals surface area contributed by atoms with E-state index < -0.39 is 0 Å². The molecular weight excluding hydrogens is 284 g/mol. The lowest BCUT2D eigenvalue weighted by atomic mass is 9.63. The zero-order valence-corrected chi connectivity index (χ0v) is 12.4. The molecule has 0 aromatic rings. The van der Waals surface area contributed by atoms with Crippen LogP contribution in [0.25, 0.3) is 0 Å². The van der Waals surface area contributed by atoms with Crippen molar-refractivity contribution in [3.8, 4) is 0 Å². The predicted octanol–water partition coefficient (Wildman–Crippen LogP) is 0.0424. The minimum Gasteiger partial charge on any atom is -0.378 e. The molecule has 2 bridgehead atoms. The number of imide groups is 1. The van der Waals surface area contributed by atoms with Gasteiger partial charge in [0.15, 0.2) is 0 Å². The monoisotopic (exact) mass is 304 g/mol. The second kappa shape index (κ2) is 5.19. The van der Waals surface area contributed by atoms with Crippen molar-refractivity contribution in [3.63, 3.8) is 0 Å². The number of carbonyl (C=O) groups is 3. The SMILES string of the molecule is O=C(CN1C(=O)[C@@H]2[C@@H](C1=O)[C@H]1C=C[C@H]2CC1)N1CCOCC1. The van der Waals surface area contributed by atoms with Crippen LogP contribution < -0.4 is 0 Å². The van der Waals surface area contributed by atoms with E-state index in [-0.39, 0.29) is 47.9 Å². The minimum absolute atomic E-state index is 0.107. The van der Waals surface area contributed by atoms with Gasteiger partial charge >= 0.3 is 0 Å². The molecule has 0 aromatic heterocycles. The van der Waals surface area contributed by atoms with Gasteiger partial charge in [-0.15, -0.1) is 0 Å². The lowest BCUT2D eigenvalue weighted by Crippen LogP contribution is -2.47. The number of allylic oxidation sites excluding steroid dienone is 2. The Kier molecular flexibility index (Phi) is 3.29. The van der Waals surface area contributed by atoms with Gasteiger partial charge in [0.25, 0.3) is 0 Å². The minimum atomic E-state index is -0.228. The van der Waals surface area contributed by atoms with Crippen molar-refractivity contribution in [3.05, 3.63) is 12.2 Å². The zero-order valence-electron chi connectivity index (χ0n) is 12.4. The van der Waals surface area contributed by atoms with Crippen LogP contribution in [0.2, 0.25) is 0 Å². The number of fused-ring (bicyclic) bond motifs is 1. The number of ether oxygens (including phenoxy) is 1. The highest BCUT2D eigenvalue weighted by Gasteiger charge is 2.56. The molecule has 22 heavy (non-hydrogen) atoms. The van der Waals surface area contributed by atoms with Gasteiger partial charge in [-0.05, 0) is 24.7 Å². The van der Waals surface area contributed by atoms with Gasteiger partial charge in [0.05, 0.1) is 25.0 Å². The van der Waals surface area contributed by atoms with Gasteiger partial charge in [-0.2, -0.15) is 0 Å². The third kappa shape index (κ3) is 2.00. The summed E-state index contributed by atoms with van der Waals surface area (Å²) in [5.74, 6) is -0.539. The number of morpholine rings is 1. The lowest BCUT2D eigenvalue weighted by molar-refractivity contribution is -0.148. The standard InChI is InChI=1S/C16H20N2O4/c19-12(17-5-7-22-8-6-17)9-18-15(20)13-10-1-2-11(4-3-10)14(13)16(18)21/h1-2,10-11,13-14H,3-9H2/t10-,11-,13-,14-/m0/s1. The second-order valence-corrected chi connectivity index (χ2v) is 6.60. The fraction of sp³-hybridized carbons (Fsp3) is 0.688. The lowest BCUT2D eigenvalue weighted by Gasteiger charge is -2.38. The summed E-state index contributed by atoms with van der Waals surface area (Å²) < 4.78 is 5.23. The first-order chi connectivity index (χ1) is 10.7. The molecule has 2 aliphatic heterocycles. The maximum atomic E-state index is 12.6. The van der Waals surface area contributed by atoms with Gasteiger partial charge < -0.3 is 9.64 Å². The van der Waals surface area contributed by atoms with Gasteiger partial charge in [-0.25, -0.2) is 0 Å². The van der Waals surface area contributed by atoms with E-state index >= 15 is 0 Å². The zero-order chi connectivity index (χ0) is 15.3. The molecule has 0 aromatic carbocycles. The van der Waals surface area contributed by atoms with E-state index in [1.54, 1.807) is 4.90 Å². The highest BCUT2D eigenvalue weighted by atomic mass is 16.5. The van der Waals surface area contributed by atoms with E-state index in [4.69, 9.17) is 4.74 Å². The molecule has 0 radical (unpaired) electrons. The fourth-order valence-electron chi connectivity index (χ4n) is 4.34. The number of hydrogen-bond donors (Lipinski definition) is 0. The molecule has 0 unspecified atom stereocenters. The van der Waals surface area contributed by atoms with Crippen LogP contribution in [0.4, 0.5) is 0 Å². The molecule has 0 N–H and O–H groups in total. The Bertz CT molecular complexity index is 520. The summed E-state index contributed by atoms with van der Waals surface area (Å²) in [7, 11) is 0. The van der Waals surface area contributed by atoms with Crippen molar-refractivity contribution in [1.29, 1.82) is 0 Å². The molecule has 0 spiro atoms. The molecule has 3 fully saturated rings. The van der Waals surface area contributed by atoms with Crippen LogP contribution in [0.5, 0.6) is 0 Å². The number of amides is 3. The van der Waals surface area contributed by atoms with E-state index in [2.05, 4.69) is 12.2 Å². The summed E-state index contributed by atoms with van der Waals surface area (Å²) in [6.45, 7) is 2.01. The van der Waals surface area contributed by atoms with Crippen molar-refractivity contribution in [2.24, 2.45) is 23.7 Å². The van der Waals surface area contributed by atoms with Crippen LogP contribution in [0.1, 0.15) is 12.8 Å². The third-order valence-electron chi connectivity index (χ3n) is 5.51. The third-order valence-corrected chi connectivity index (χ3v) is 5.51. The molecule has 6 heteroatoms. The number of rotatable bonds is 2. The van der Waals surface area contributed by atoms with Gasteiger partial charge in [0, 0.05) is 13.1 Å². The van der Waals surface area contributed by atoms with Gasteiger partial charge in [-0.3, -0.25) is 19.3 Å². The van der Waals surface area contributed by atoms with Crippen LogP contribution in [0.15, 0.2) is 12.2 Å². The van der Waals surface area contributed by atoms with Gasteiger partial charge in [0.1, 0.15) is 6.54 Å². The quantitative estimate of drug-likeness (QED) is 0.534. The van der Waals surface area contributed by atoms with E-state index in [1.807, 2.05) is 0 Å². The molecule has 2 heterocycles. The summed E-state index contributed by atoms with van der Waals surface area (Å²) in [5, 5.41) is 0. The Balaban J connectivity index is 1.50. The molecule has 5 rings (SSSR count). The molecule has 2 saturated heterocycles. The average molecular weight is 304 g/mol. The first kappa shape index (κ1) is 13.9. The maximum absolute atomic E-state index is 12.6. The number of nitrogens with zero attached hydrogens (tertiary/aromatic N) is 2. The Hall–Kier alpha value is -1.69. The molecule has 6 nitrogen and oxygen atoms in total. The highest BCUT2D eigenvalue weighted by Crippen LogP contribution is 2.49. The first-order valence-electron chi connectivity index (χ1n) is 8.06. The summed E-state index contributed by atoms with van der Waals surface area (Å²) in [6, 6.07) is 0. The number of likely N-dealkylation sites (tertiary alicyclic amines) is 1. The normalized spacial score (nSPS) is 36.9. The van der Waals surface area contributed by atoms with Crippen molar-refractivity contribution >= 4 is 17.7 Å². The summed E-state index contributed by atoms with van der Waals surface area (Å²) >= 11 is 0. The Morgan fingerprint density at radius 2 is 1.59 bits per heavy atom. The summed E-state index contributed by atoms with van der Waals surface area (Å²) in [6.07, 6.45) is 6.14. The summed E-state index contributed by atoms with van der Waals surface area (Å²) in [5.41, 5.74) is 0. The topological polar surface area (TPSA) is 66.9 Å². The van der Waals surface area contributed by atoms with Crippen LogP contribution in [0.3, 0.4) is 0 Å². The molecule has 4 atom stereocenters. The van der Waals surface area contributed by atoms with Crippen LogP contribution >= 0.6 is 0 Å². The van der Waals surface area contributed by atoms with Gasteiger partial charge in [-0.1, -0.05) is 12.2 Å². The van der Waals surface area contributed by atoms with E-state index in [9.17, 15) is 14.4 Å². The van der Waals surface area contributed by atoms with Crippen molar-refractivity contribution in [2.75, 3.05) is 32.8 Å². The molecule has 3 amide bonds. The van der Waals surface area contributed by atoms with E-state index in [0.717, 1.165) is 12.8 Å². The van der Waals surface area contributed by atoms with Crippen LogP contribution in [0, 0.1) is 23.7 Å². The molecule has 5 aliphatic rings. The first-order valence-corrected chi connectivity index (χ1v) is 8.06. The van der Waals surface area contributed by atoms with Gasteiger partial charge in [0.2, 0.25) is 17.7 Å². The smallest absolute Gasteiger partial charge is 0.242 e. The average Bonchev–Trinajstić information content (AvgIpc) is 2.84. The Morgan fingerprint density at radius 3 is 2.09 bits per heavy atom. The maximum Gasteiger partial charge on any atom is 0.242 e. The van der Waals surface area contributed by atoms with Crippen molar-refractivity contribution in [2.45, 2.75) is 12.8 Å². The van der Waals surface area contributed by atoms with Crippen molar-refractivity contribution in [1.82, 2.24) is 9.80 Å². The Morgan fingerprint density at radius 1 is 1.05 bits per heavy atom. The number of hydrogen-bond acceptors (Lipinski definition) is 4. The van der Waals surface area contributed by atoms with Crippen LogP contribution in [-0.2, 0) is 19.1 Å². The molecule has 1 saturated carbocycles. The number of carbonyl (C=O) groups excluding carboxylic acids is 3. The second-order valence-electron chi connectivity index (χ2n) is 6.60. The largest absolute Gasteiger partial charge is 0.378 e. The van der Waals surface area contributed by atoms with E-state index in [1.165, 1.54) is 4.90 Å². The fourth-order valence-corrected chi connectivity index (χ4v) is 4.34. The predicted molar refractivity (Wildman–Crippen MR) is 76.5 cm³/mol. The van der Waals surface area contributed by atoms with Crippen LogP contribution in [-0.4, -0.2) is 60.4 Å².